The van der Waals surface area contributed by atoms with E-state index in [4.69, 9.17) is 0 Å². The van der Waals surface area contributed by atoms with Crippen LogP contribution in [0.2, 0.25) is 0 Å². The number of aryl methyl sites for hydroxylation is 1. The minimum Gasteiger partial charge on any atom is -0.326 e. The van der Waals surface area contributed by atoms with Gasteiger partial charge in [-0.3, -0.25) is 9.59 Å². The van der Waals surface area contributed by atoms with Gasteiger partial charge < -0.3 is 10.2 Å². The van der Waals surface area contributed by atoms with E-state index in [2.05, 4.69) is 29.6 Å². The number of fused-ring (bicyclic) bond motifs is 1. The minimum atomic E-state index is -0.0432. The fourth-order valence-electron chi connectivity index (χ4n) is 4.05. The van der Waals surface area contributed by atoms with E-state index in [0.717, 1.165) is 53.0 Å². The summed E-state index contributed by atoms with van der Waals surface area (Å²) in [4.78, 5) is 27.0. The van der Waals surface area contributed by atoms with E-state index in [-0.39, 0.29) is 17.7 Å². The molecular formula is C27H28N2O2. The average molecular weight is 413 g/mol. The fraction of sp³-hybridized carbons (Fsp3) is 0.259. The summed E-state index contributed by atoms with van der Waals surface area (Å²) in [6, 6.07) is 24.2. The lowest BCUT2D eigenvalue weighted by molar-refractivity contribution is -0.121. The van der Waals surface area contributed by atoms with Gasteiger partial charge in [0.05, 0.1) is 6.42 Å². The number of carbonyl (C=O) groups excluding carboxylic acids is 2. The van der Waals surface area contributed by atoms with Crippen molar-refractivity contribution in [2.24, 2.45) is 5.92 Å². The second kappa shape index (κ2) is 9.17. The molecule has 31 heavy (non-hydrogen) atoms. The molecule has 0 fully saturated rings. The van der Waals surface area contributed by atoms with Gasteiger partial charge in [0.2, 0.25) is 11.8 Å². The first-order chi connectivity index (χ1) is 15.0. The van der Waals surface area contributed by atoms with Crippen LogP contribution in [-0.4, -0.2) is 18.4 Å². The van der Waals surface area contributed by atoms with Gasteiger partial charge >= 0.3 is 0 Å². The van der Waals surface area contributed by atoms with Crippen molar-refractivity contribution in [3.05, 3.63) is 83.9 Å². The molecule has 4 heteroatoms. The molecule has 1 N–H and O–H groups in total. The Morgan fingerprint density at radius 3 is 2.35 bits per heavy atom. The highest BCUT2D eigenvalue weighted by molar-refractivity contribution is 5.97. The van der Waals surface area contributed by atoms with E-state index in [1.807, 2.05) is 67.3 Å². The van der Waals surface area contributed by atoms with Crippen molar-refractivity contribution in [1.82, 2.24) is 0 Å². The smallest absolute Gasteiger partial charge is 0.229 e. The molecule has 0 aromatic heterocycles. The number of nitrogens with zero attached hydrogens (tertiary/aromatic N) is 1. The zero-order valence-corrected chi connectivity index (χ0v) is 18.1. The van der Waals surface area contributed by atoms with Gasteiger partial charge in [0.1, 0.15) is 0 Å². The van der Waals surface area contributed by atoms with Crippen molar-refractivity contribution >= 4 is 23.2 Å². The first kappa shape index (κ1) is 20.9. The van der Waals surface area contributed by atoms with Gasteiger partial charge in [-0.1, -0.05) is 68.4 Å². The van der Waals surface area contributed by atoms with Crippen LogP contribution in [0.4, 0.5) is 11.4 Å². The van der Waals surface area contributed by atoms with Crippen LogP contribution < -0.4 is 10.2 Å². The molecule has 0 spiro atoms. The number of carbonyl (C=O) groups is 2. The van der Waals surface area contributed by atoms with Crippen LogP contribution in [-0.2, 0) is 22.4 Å². The van der Waals surface area contributed by atoms with E-state index < -0.39 is 0 Å². The SMILES string of the molecule is CC(C)C(=O)N1CCCc2cc(NC(=O)Cc3ccc(-c4ccccc4)cc3)ccc21. The molecule has 4 rings (SSSR count). The lowest BCUT2D eigenvalue weighted by atomic mass is 9.99. The van der Waals surface area contributed by atoms with Gasteiger partial charge in [-0.15, -0.1) is 0 Å². The Balaban J connectivity index is 1.42. The van der Waals surface area contributed by atoms with Crippen LogP contribution in [0.5, 0.6) is 0 Å². The fourth-order valence-corrected chi connectivity index (χ4v) is 4.05. The maximum Gasteiger partial charge on any atom is 0.229 e. The molecule has 1 heterocycles. The molecule has 1 aliphatic heterocycles. The van der Waals surface area contributed by atoms with Crippen LogP contribution >= 0.6 is 0 Å². The Hall–Kier alpha value is -3.40. The van der Waals surface area contributed by atoms with Gasteiger partial charge in [0, 0.05) is 23.8 Å². The Morgan fingerprint density at radius 2 is 1.65 bits per heavy atom. The van der Waals surface area contributed by atoms with Gasteiger partial charge in [-0.25, -0.2) is 0 Å². The maximum atomic E-state index is 12.6. The van der Waals surface area contributed by atoms with Gasteiger partial charge in [0.15, 0.2) is 0 Å². The molecule has 0 aliphatic carbocycles. The van der Waals surface area contributed by atoms with E-state index in [9.17, 15) is 9.59 Å². The first-order valence-corrected chi connectivity index (χ1v) is 10.9. The summed E-state index contributed by atoms with van der Waals surface area (Å²) in [7, 11) is 0. The molecule has 4 nitrogen and oxygen atoms in total. The third kappa shape index (κ3) is 4.85. The number of benzene rings is 3. The summed E-state index contributed by atoms with van der Waals surface area (Å²) in [5.41, 5.74) is 6.15. The van der Waals surface area contributed by atoms with Crippen LogP contribution in [0.15, 0.2) is 72.8 Å². The summed E-state index contributed by atoms with van der Waals surface area (Å²) in [6.07, 6.45) is 2.18. The lowest BCUT2D eigenvalue weighted by Crippen LogP contribution is -2.38. The van der Waals surface area contributed by atoms with Gasteiger partial charge in [0.25, 0.3) is 0 Å². The summed E-state index contributed by atoms with van der Waals surface area (Å²) >= 11 is 0. The van der Waals surface area contributed by atoms with Crippen molar-refractivity contribution in [2.45, 2.75) is 33.1 Å². The van der Waals surface area contributed by atoms with E-state index in [1.165, 1.54) is 0 Å². The zero-order chi connectivity index (χ0) is 21.8. The number of anilines is 2. The predicted molar refractivity (Wildman–Crippen MR) is 126 cm³/mol. The van der Waals surface area contributed by atoms with Crippen LogP contribution in [0, 0.1) is 5.92 Å². The van der Waals surface area contributed by atoms with E-state index in [0.29, 0.717) is 6.42 Å². The second-order valence-electron chi connectivity index (χ2n) is 8.38. The normalized spacial score (nSPS) is 13.1. The zero-order valence-electron chi connectivity index (χ0n) is 18.1. The highest BCUT2D eigenvalue weighted by atomic mass is 16.2. The number of hydrogen-bond donors (Lipinski definition) is 1. The van der Waals surface area contributed by atoms with E-state index in [1.54, 1.807) is 0 Å². The molecule has 1 aliphatic rings. The Kier molecular flexibility index (Phi) is 6.17. The number of amides is 2. The minimum absolute atomic E-state index is 0.0291. The molecule has 0 saturated heterocycles. The summed E-state index contributed by atoms with van der Waals surface area (Å²) in [5, 5.41) is 3.01. The molecule has 0 unspecified atom stereocenters. The Bertz CT molecular complexity index is 1070. The van der Waals surface area contributed by atoms with Crippen LogP contribution in [0.1, 0.15) is 31.4 Å². The Morgan fingerprint density at radius 1 is 0.935 bits per heavy atom. The van der Waals surface area contributed by atoms with Crippen LogP contribution in [0.25, 0.3) is 11.1 Å². The largest absolute Gasteiger partial charge is 0.326 e. The highest BCUT2D eigenvalue weighted by Gasteiger charge is 2.24. The highest BCUT2D eigenvalue weighted by Crippen LogP contribution is 2.31. The molecule has 0 atom stereocenters. The molecular weight excluding hydrogens is 384 g/mol. The standard InChI is InChI=1S/C27H28N2O2/c1-19(2)27(31)29-16-6-9-23-18-24(14-15-25(23)29)28-26(30)17-20-10-12-22(13-11-20)21-7-4-3-5-8-21/h3-5,7-8,10-15,18-19H,6,9,16-17H2,1-2H3,(H,28,30). The summed E-state index contributed by atoms with van der Waals surface area (Å²) in [5.74, 6) is 0.0774. The van der Waals surface area contributed by atoms with Crippen LogP contribution in [0.3, 0.4) is 0 Å². The van der Waals surface area contributed by atoms with Crippen molar-refractivity contribution in [3.8, 4) is 11.1 Å². The maximum absolute atomic E-state index is 12.6. The molecule has 3 aromatic carbocycles. The first-order valence-electron chi connectivity index (χ1n) is 10.9. The number of hydrogen-bond acceptors (Lipinski definition) is 2. The predicted octanol–water partition coefficient (Wildman–Crippen LogP) is 5.47. The third-order valence-corrected chi connectivity index (χ3v) is 5.67. The van der Waals surface area contributed by atoms with Crippen molar-refractivity contribution in [2.75, 3.05) is 16.8 Å². The van der Waals surface area contributed by atoms with Gasteiger partial charge in [-0.2, -0.15) is 0 Å². The molecule has 3 aromatic rings. The molecule has 2 amide bonds. The van der Waals surface area contributed by atoms with Gasteiger partial charge in [-0.05, 0) is 53.3 Å². The Labute approximate surface area is 183 Å². The van der Waals surface area contributed by atoms with E-state index >= 15 is 0 Å². The molecule has 0 bridgehead atoms. The monoisotopic (exact) mass is 412 g/mol. The molecule has 158 valence electrons. The average Bonchev–Trinajstić information content (AvgIpc) is 2.79. The third-order valence-electron chi connectivity index (χ3n) is 5.67. The van der Waals surface area contributed by atoms with Crippen molar-refractivity contribution in [1.29, 1.82) is 0 Å². The number of rotatable bonds is 5. The quantitative estimate of drug-likeness (QED) is 0.604. The molecule has 0 saturated carbocycles. The van der Waals surface area contributed by atoms with Crippen molar-refractivity contribution in [3.63, 3.8) is 0 Å². The second-order valence-corrected chi connectivity index (χ2v) is 8.38. The lowest BCUT2D eigenvalue weighted by Gasteiger charge is -2.31. The summed E-state index contributed by atoms with van der Waals surface area (Å²) in [6.45, 7) is 4.61. The topological polar surface area (TPSA) is 49.4 Å². The summed E-state index contributed by atoms with van der Waals surface area (Å²) < 4.78 is 0. The van der Waals surface area contributed by atoms with Crippen molar-refractivity contribution < 1.29 is 9.59 Å². The number of nitrogens with one attached hydrogen (secondary N) is 1. The molecule has 0 radical (unpaired) electrons.